The molecular formula is C15H22ClFO2. The lowest BCUT2D eigenvalue weighted by atomic mass is 10.1. The number of hydrogen-bond donors (Lipinski definition) is 0. The van der Waals surface area contributed by atoms with Crippen LogP contribution >= 0.6 is 11.6 Å². The van der Waals surface area contributed by atoms with Gasteiger partial charge >= 0.3 is 0 Å². The van der Waals surface area contributed by atoms with Crippen molar-refractivity contribution in [2.24, 2.45) is 0 Å². The van der Waals surface area contributed by atoms with Crippen molar-refractivity contribution in [1.82, 2.24) is 0 Å². The molecule has 0 aliphatic rings. The van der Waals surface area contributed by atoms with E-state index in [0.717, 1.165) is 24.2 Å². The van der Waals surface area contributed by atoms with Crippen molar-refractivity contribution >= 4 is 11.6 Å². The van der Waals surface area contributed by atoms with Gasteiger partial charge in [0.15, 0.2) is 0 Å². The van der Waals surface area contributed by atoms with Crippen molar-refractivity contribution in [1.29, 1.82) is 0 Å². The highest BCUT2D eigenvalue weighted by molar-refractivity contribution is 6.32. The monoisotopic (exact) mass is 288 g/mol. The molecule has 1 aromatic carbocycles. The van der Waals surface area contributed by atoms with Gasteiger partial charge in [0, 0.05) is 6.07 Å². The first-order valence-electron chi connectivity index (χ1n) is 6.86. The normalized spacial score (nSPS) is 10.5. The molecule has 0 bridgehead atoms. The molecule has 0 aromatic heterocycles. The average Bonchev–Trinajstić information content (AvgIpc) is 2.42. The van der Waals surface area contributed by atoms with E-state index >= 15 is 0 Å². The van der Waals surface area contributed by atoms with Gasteiger partial charge < -0.3 is 9.47 Å². The molecule has 0 spiro atoms. The summed E-state index contributed by atoms with van der Waals surface area (Å²) in [6, 6.07) is 3.65. The molecule has 0 N–H and O–H groups in total. The summed E-state index contributed by atoms with van der Waals surface area (Å²) in [6.45, 7) is 5.01. The van der Waals surface area contributed by atoms with Crippen LogP contribution in [0.25, 0.3) is 0 Å². The minimum Gasteiger partial charge on any atom is -0.493 e. The molecule has 1 rings (SSSR count). The first kappa shape index (κ1) is 16.1. The van der Waals surface area contributed by atoms with Gasteiger partial charge in [-0.25, -0.2) is 0 Å². The van der Waals surface area contributed by atoms with Gasteiger partial charge in [0.1, 0.15) is 11.5 Å². The average molecular weight is 289 g/mol. The van der Waals surface area contributed by atoms with E-state index in [1.165, 1.54) is 0 Å². The standard InChI is InChI=1S/C15H22ClFO2/c1-3-8-18-14-11-15(19-9-4-2)13(16)10-12(14)6-5-7-17/h10-11H,3-9H2,1-2H3. The summed E-state index contributed by atoms with van der Waals surface area (Å²) in [6.07, 6.45) is 2.96. The van der Waals surface area contributed by atoms with Crippen molar-refractivity contribution < 1.29 is 13.9 Å². The van der Waals surface area contributed by atoms with Crippen LogP contribution in [0.1, 0.15) is 38.7 Å². The highest BCUT2D eigenvalue weighted by Crippen LogP contribution is 2.33. The first-order chi connectivity index (χ1) is 9.22. The van der Waals surface area contributed by atoms with Gasteiger partial charge in [0.25, 0.3) is 0 Å². The van der Waals surface area contributed by atoms with Crippen molar-refractivity contribution in [3.8, 4) is 11.5 Å². The summed E-state index contributed by atoms with van der Waals surface area (Å²) in [4.78, 5) is 0. The van der Waals surface area contributed by atoms with Crippen LogP contribution in [-0.2, 0) is 6.42 Å². The zero-order valence-corrected chi connectivity index (χ0v) is 12.4. The Labute approximate surface area is 119 Å². The van der Waals surface area contributed by atoms with Crippen LogP contribution in [0, 0.1) is 0 Å². The molecule has 0 heterocycles. The summed E-state index contributed by atoms with van der Waals surface area (Å²) < 4.78 is 23.6. The number of benzene rings is 1. The fourth-order valence-electron chi connectivity index (χ4n) is 1.70. The molecule has 0 saturated heterocycles. The maximum Gasteiger partial charge on any atom is 0.141 e. The fraction of sp³-hybridized carbons (Fsp3) is 0.600. The Morgan fingerprint density at radius 3 is 2.26 bits per heavy atom. The second kappa shape index (κ2) is 9.03. The van der Waals surface area contributed by atoms with E-state index in [4.69, 9.17) is 21.1 Å². The van der Waals surface area contributed by atoms with Crippen molar-refractivity contribution in [2.45, 2.75) is 39.5 Å². The summed E-state index contributed by atoms with van der Waals surface area (Å²) in [5.74, 6) is 1.39. The van der Waals surface area contributed by atoms with Crippen LogP contribution in [0.3, 0.4) is 0 Å². The van der Waals surface area contributed by atoms with Crippen LogP contribution in [0.2, 0.25) is 5.02 Å². The van der Waals surface area contributed by atoms with Gasteiger partial charge in [0.2, 0.25) is 0 Å². The Balaban J connectivity index is 2.91. The molecule has 2 nitrogen and oxygen atoms in total. The van der Waals surface area contributed by atoms with Crippen LogP contribution in [0.4, 0.5) is 4.39 Å². The Morgan fingerprint density at radius 1 is 1.05 bits per heavy atom. The van der Waals surface area contributed by atoms with Crippen LogP contribution in [0.15, 0.2) is 12.1 Å². The molecule has 0 unspecified atom stereocenters. The lowest BCUT2D eigenvalue weighted by molar-refractivity contribution is 0.299. The highest BCUT2D eigenvalue weighted by atomic mass is 35.5. The molecule has 0 saturated carbocycles. The second-order valence-corrected chi connectivity index (χ2v) is 4.79. The van der Waals surface area contributed by atoms with E-state index in [1.54, 1.807) is 0 Å². The largest absolute Gasteiger partial charge is 0.493 e. The fourth-order valence-corrected chi connectivity index (χ4v) is 1.94. The molecule has 0 amide bonds. The quantitative estimate of drug-likeness (QED) is 0.648. The summed E-state index contributed by atoms with van der Waals surface area (Å²) >= 11 is 6.18. The topological polar surface area (TPSA) is 18.5 Å². The molecule has 0 radical (unpaired) electrons. The lowest BCUT2D eigenvalue weighted by Crippen LogP contribution is -2.02. The Hall–Kier alpha value is -0.960. The van der Waals surface area contributed by atoms with Gasteiger partial charge in [-0.2, -0.15) is 0 Å². The van der Waals surface area contributed by atoms with Gasteiger partial charge in [-0.05, 0) is 37.3 Å². The number of hydrogen-bond acceptors (Lipinski definition) is 2. The van der Waals surface area contributed by atoms with Crippen molar-refractivity contribution in [3.05, 3.63) is 22.7 Å². The van der Waals surface area contributed by atoms with E-state index in [0.29, 0.717) is 36.8 Å². The predicted molar refractivity (Wildman–Crippen MR) is 77.3 cm³/mol. The zero-order chi connectivity index (χ0) is 14.1. The Morgan fingerprint density at radius 2 is 1.68 bits per heavy atom. The molecule has 19 heavy (non-hydrogen) atoms. The summed E-state index contributed by atoms with van der Waals surface area (Å²) in [5, 5.41) is 0.561. The molecule has 0 fully saturated rings. The first-order valence-corrected chi connectivity index (χ1v) is 7.24. The minimum atomic E-state index is -0.334. The van der Waals surface area contributed by atoms with Crippen molar-refractivity contribution in [3.63, 3.8) is 0 Å². The maximum absolute atomic E-state index is 12.3. The predicted octanol–water partition coefficient (Wildman–Crippen LogP) is 4.82. The summed E-state index contributed by atoms with van der Waals surface area (Å²) in [7, 11) is 0. The lowest BCUT2D eigenvalue weighted by Gasteiger charge is -2.14. The SMILES string of the molecule is CCCOc1cc(OCCC)c(CCCF)cc1Cl. The van der Waals surface area contributed by atoms with E-state index < -0.39 is 0 Å². The maximum atomic E-state index is 12.3. The Bertz CT molecular complexity index is 383. The van der Waals surface area contributed by atoms with Crippen LogP contribution in [-0.4, -0.2) is 19.9 Å². The Kier molecular flexibility index (Phi) is 7.65. The highest BCUT2D eigenvalue weighted by Gasteiger charge is 2.11. The van der Waals surface area contributed by atoms with Gasteiger partial charge in [-0.15, -0.1) is 0 Å². The number of alkyl halides is 1. The number of rotatable bonds is 9. The minimum absolute atomic E-state index is 0.334. The smallest absolute Gasteiger partial charge is 0.141 e. The third kappa shape index (κ3) is 5.27. The van der Waals surface area contributed by atoms with E-state index in [9.17, 15) is 4.39 Å². The molecule has 1 aromatic rings. The third-order valence-corrected chi connectivity index (χ3v) is 2.91. The third-order valence-electron chi connectivity index (χ3n) is 2.62. The van der Waals surface area contributed by atoms with Crippen LogP contribution in [0.5, 0.6) is 11.5 Å². The number of ether oxygens (including phenoxy) is 2. The van der Waals surface area contributed by atoms with E-state index in [1.807, 2.05) is 26.0 Å². The molecule has 0 atom stereocenters. The molecule has 4 heteroatoms. The van der Waals surface area contributed by atoms with Crippen molar-refractivity contribution in [2.75, 3.05) is 19.9 Å². The zero-order valence-electron chi connectivity index (χ0n) is 11.7. The molecule has 0 aliphatic carbocycles. The molecule has 0 aliphatic heterocycles. The van der Waals surface area contributed by atoms with Crippen LogP contribution < -0.4 is 9.47 Å². The van der Waals surface area contributed by atoms with E-state index in [2.05, 4.69) is 0 Å². The molecule has 108 valence electrons. The summed E-state index contributed by atoms with van der Waals surface area (Å²) in [5.41, 5.74) is 0.944. The molecular weight excluding hydrogens is 267 g/mol. The van der Waals surface area contributed by atoms with Gasteiger partial charge in [-0.3, -0.25) is 4.39 Å². The number of aryl methyl sites for hydroxylation is 1. The second-order valence-electron chi connectivity index (χ2n) is 4.38. The van der Waals surface area contributed by atoms with Gasteiger partial charge in [-0.1, -0.05) is 25.4 Å². The van der Waals surface area contributed by atoms with E-state index in [-0.39, 0.29) is 6.67 Å². The number of halogens is 2. The van der Waals surface area contributed by atoms with Gasteiger partial charge in [0.05, 0.1) is 24.9 Å².